The molecule has 6 heteroatoms. The highest BCUT2D eigenvalue weighted by molar-refractivity contribution is 5.88. The lowest BCUT2D eigenvalue weighted by Crippen LogP contribution is -2.19. The molecular weight excluding hydrogens is 196 g/mol. The van der Waals surface area contributed by atoms with Gasteiger partial charge in [0, 0.05) is 7.05 Å². The van der Waals surface area contributed by atoms with E-state index in [9.17, 15) is 4.79 Å². The standard InChI is InChI=1S/C9H14N4O2/c1-13-8(6-4-3-5-10-6)7(11-12-13)9(14)15-2/h6,10H,3-5H2,1-2H3. The van der Waals surface area contributed by atoms with Gasteiger partial charge in [-0.25, -0.2) is 9.48 Å². The molecule has 2 heterocycles. The van der Waals surface area contributed by atoms with Crippen molar-refractivity contribution in [3.8, 4) is 0 Å². The van der Waals surface area contributed by atoms with Crippen molar-refractivity contribution in [1.29, 1.82) is 0 Å². The molecule has 6 nitrogen and oxygen atoms in total. The average molecular weight is 210 g/mol. The van der Waals surface area contributed by atoms with Crippen molar-refractivity contribution in [2.75, 3.05) is 13.7 Å². The van der Waals surface area contributed by atoms with E-state index in [2.05, 4.69) is 20.4 Å². The Morgan fingerprint density at radius 3 is 3.07 bits per heavy atom. The number of methoxy groups -OCH3 is 1. The fourth-order valence-electron chi connectivity index (χ4n) is 1.92. The van der Waals surface area contributed by atoms with Crippen molar-refractivity contribution in [1.82, 2.24) is 20.3 Å². The minimum atomic E-state index is -0.424. The highest BCUT2D eigenvalue weighted by atomic mass is 16.5. The number of rotatable bonds is 2. The maximum Gasteiger partial charge on any atom is 0.360 e. The van der Waals surface area contributed by atoms with Crippen LogP contribution in [0.3, 0.4) is 0 Å². The molecule has 0 radical (unpaired) electrons. The molecule has 1 aliphatic rings. The highest BCUT2D eigenvalue weighted by Crippen LogP contribution is 2.24. The molecule has 0 amide bonds. The van der Waals surface area contributed by atoms with Gasteiger partial charge in [0.25, 0.3) is 0 Å². The predicted molar refractivity (Wildman–Crippen MR) is 52.3 cm³/mol. The fourth-order valence-corrected chi connectivity index (χ4v) is 1.92. The molecule has 1 N–H and O–H groups in total. The molecule has 1 unspecified atom stereocenters. The molecule has 1 atom stereocenters. The SMILES string of the molecule is COC(=O)c1nnn(C)c1C1CCCN1. The van der Waals surface area contributed by atoms with Crippen molar-refractivity contribution in [2.45, 2.75) is 18.9 Å². The second-order valence-electron chi connectivity index (χ2n) is 3.59. The van der Waals surface area contributed by atoms with Gasteiger partial charge in [-0.05, 0) is 19.4 Å². The molecule has 15 heavy (non-hydrogen) atoms. The molecule has 1 fully saturated rings. The first-order valence-corrected chi connectivity index (χ1v) is 4.95. The first kappa shape index (κ1) is 10.1. The van der Waals surface area contributed by atoms with Crippen molar-refractivity contribution >= 4 is 5.97 Å². The topological polar surface area (TPSA) is 69.0 Å². The number of nitrogens with one attached hydrogen (secondary N) is 1. The average Bonchev–Trinajstić information content (AvgIpc) is 2.85. The molecule has 1 aromatic rings. The zero-order chi connectivity index (χ0) is 10.8. The van der Waals surface area contributed by atoms with Gasteiger partial charge in [0.05, 0.1) is 18.8 Å². The third-order valence-corrected chi connectivity index (χ3v) is 2.64. The maximum atomic E-state index is 11.4. The normalized spacial score (nSPS) is 20.5. The van der Waals surface area contributed by atoms with Gasteiger partial charge in [0.15, 0.2) is 5.69 Å². The first-order valence-electron chi connectivity index (χ1n) is 4.95. The Morgan fingerprint density at radius 1 is 1.67 bits per heavy atom. The molecule has 82 valence electrons. The van der Waals surface area contributed by atoms with Crippen LogP contribution in [0.4, 0.5) is 0 Å². The lowest BCUT2D eigenvalue weighted by molar-refractivity contribution is 0.0591. The number of hydrogen-bond acceptors (Lipinski definition) is 5. The second-order valence-corrected chi connectivity index (χ2v) is 3.59. The number of aromatic nitrogens is 3. The molecular formula is C9H14N4O2. The molecule has 0 aromatic carbocycles. The Morgan fingerprint density at radius 2 is 2.47 bits per heavy atom. The maximum absolute atomic E-state index is 11.4. The Labute approximate surface area is 87.6 Å². The summed E-state index contributed by atoms with van der Waals surface area (Å²) in [4.78, 5) is 11.4. The van der Waals surface area contributed by atoms with E-state index in [4.69, 9.17) is 0 Å². The molecule has 1 saturated heterocycles. The highest BCUT2D eigenvalue weighted by Gasteiger charge is 2.27. The number of hydrogen-bond donors (Lipinski definition) is 1. The minimum Gasteiger partial charge on any atom is -0.464 e. The zero-order valence-corrected chi connectivity index (χ0v) is 8.86. The van der Waals surface area contributed by atoms with Crippen molar-refractivity contribution in [2.24, 2.45) is 7.05 Å². The van der Waals surface area contributed by atoms with Crippen molar-refractivity contribution < 1.29 is 9.53 Å². The summed E-state index contributed by atoms with van der Waals surface area (Å²) < 4.78 is 6.30. The summed E-state index contributed by atoms with van der Waals surface area (Å²) in [6, 6.07) is 0.166. The quantitative estimate of drug-likeness (QED) is 0.697. The van der Waals surface area contributed by atoms with Crippen LogP contribution in [0, 0.1) is 0 Å². The summed E-state index contributed by atoms with van der Waals surface area (Å²) >= 11 is 0. The summed E-state index contributed by atoms with van der Waals surface area (Å²) in [7, 11) is 3.14. The molecule has 1 aliphatic heterocycles. The van der Waals surface area contributed by atoms with E-state index in [0.29, 0.717) is 5.69 Å². The van der Waals surface area contributed by atoms with E-state index in [1.807, 2.05) is 0 Å². The third kappa shape index (κ3) is 1.72. The Kier molecular flexibility index (Phi) is 2.68. The number of aryl methyl sites for hydroxylation is 1. The number of carbonyl (C=O) groups excluding carboxylic acids is 1. The van der Waals surface area contributed by atoms with Crippen LogP contribution in [0.25, 0.3) is 0 Å². The van der Waals surface area contributed by atoms with Gasteiger partial charge in [0.2, 0.25) is 0 Å². The van der Waals surface area contributed by atoms with E-state index in [1.165, 1.54) is 7.11 Å². The molecule has 0 bridgehead atoms. The van der Waals surface area contributed by atoms with Gasteiger partial charge in [-0.2, -0.15) is 0 Å². The van der Waals surface area contributed by atoms with Crippen molar-refractivity contribution in [3.05, 3.63) is 11.4 Å². The molecule has 0 aliphatic carbocycles. The Hall–Kier alpha value is -1.43. The van der Waals surface area contributed by atoms with Crippen molar-refractivity contribution in [3.63, 3.8) is 0 Å². The van der Waals surface area contributed by atoms with Crippen LogP contribution in [0.2, 0.25) is 0 Å². The van der Waals surface area contributed by atoms with Crippen LogP contribution >= 0.6 is 0 Å². The van der Waals surface area contributed by atoms with Gasteiger partial charge in [-0.3, -0.25) is 0 Å². The number of esters is 1. The minimum absolute atomic E-state index is 0.166. The van der Waals surface area contributed by atoms with Crippen LogP contribution in [-0.2, 0) is 11.8 Å². The van der Waals surface area contributed by atoms with E-state index >= 15 is 0 Å². The first-order chi connectivity index (χ1) is 7.24. The smallest absolute Gasteiger partial charge is 0.360 e. The summed E-state index contributed by atoms with van der Waals surface area (Å²) in [6.07, 6.45) is 2.11. The molecule has 0 saturated carbocycles. The largest absolute Gasteiger partial charge is 0.464 e. The fraction of sp³-hybridized carbons (Fsp3) is 0.667. The van der Waals surface area contributed by atoms with Crippen LogP contribution in [0.15, 0.2) is 0 Å². The number of carbonyl (C=O) groups is 1. The summed E-state index contributed by atoms with van der Waals surface area (Å²) in [5.74, 6) is -0.424. The van der Waals surface area contributed by atoms with Gasteiger partial charge >= 0.3 is 5.97 Å². The summed E-state index contributed by atoms with van der Waals surface area (Å²) in [5, 5.41) is 11.0. The number of nitrogens with zero attached hydrogens (tertiary/aromatic N) is 3. The predicted octanol–water partition coefficient (Wildman–Crippen LogP) is 0.0262. The molecule has 1 aromatic heterocycles. The second kappa shape index (κ2) is 3.98. The Balaban J connectivity index is 2.35. The van der Waals surface area contributed by atoms with Crippen LogP contribution in [0.5, 0.6) is 0 Å². The molecule has 0 spiro atoms. The summed E-state index contributed by atoms with van der Waals surface area (Å²) in [6.45, 7) is 0.969. The Bertz CT molecular complexity index is 368. The number of ether oxygens (including phenoxy) is 1. The monoisotopic (exact) mass is 210 g/mol. The van der Waals surface area contributed by atoms with Gasteiger partial charge in [-0.15, -0.1) is 5.10 Å². The van der Waals surface area contributed by atoms with Gasteiger partial charge in [0.1, 0.15) is 0 Å². The van der Waals surface area contributed by atoms with Gasteiger partial charge in [-0.1, -0.05) is 5.21 Å². The van der Waals surface area contributed by atoms with E-state index in [0.717, 1.165) is 25.1 Å². The molecule has 2 rings (SSSR count). The van der Waals surface area contributed by atoms with E-state index in [1.54, 1.807) is 11.7 Å². The van der Waals surface area contributed by atoms with Crippen LogP contribution in [-0.4, -0.2) is 34.6 Å². The third-order valence-electron chi connectivity index (χ3n) is 2.64. The zero-order valence-electron chi connectivity index (χ0n) is 8.86. The lowest BCUT2D eigenvalue weighted by atomic mass is 10.1. The van der Waals surface area contributed by atoms with Crippen LogP contribution in [0.1, 0.15) is 35.1 Å². The lowest BCUT2D eigenvalue weighted by Gasteiger charge is -2.10. The van der Waals surface area contributed by atoms with Crippen LogP contribution < -0.4 is 5.32 Å². The van der Waals surface area contributed by atoms with Gasteiger partial charge < -0.3 is 10.1 Å². The van der Waals surface area contributed by atoms with E-state index in [-0.39, 0.29) is 6.04 Å². The summed E-state index contributed by atoms with van der Waals surface area (Å²) in [5.41, 5.74) is 1.14. The van der Waals surface area contributed by atoms with E-state index < -0.39 is 5.97 Å².